The van der Waals surface area contributed by atoms with E-state index in [1.165, 1.54) is 18.2 Å². The second-order valence-electron chi connectivity index (χ2n) is 3.83. The molecule has 2 amide bonds. The van der Waals surface area contributed by atoms with E-state index in [2.05, 4.69) is 16.0 Å². The minimum atomic E-state index is -0.845. The Morgan fingerprint density at radius 2 is 2.00 bits per heavy atom. The Morgan fingerprint density at radius 3 is 2.68 bits per heavy atom. The Bertz CT molecular complexity index is 466. The first kappa shape index (κ1) is 15.3. The van der Waals surface area contributed by atoms with Gasteiger partial charge >= 0.3 is 11.8 Å². The van der Waals surface area contributed by atoms with Gasteiger partial charge in [-0.1, -0.05) is 11.6 Å². The highest BCUT2D eigenvalue weighted by molar-refractivity contribution is 6.40. The van der Waals surface area contributed by atoms with Crippen LogP contribution < -0.4 is 16.0 Å². The molecule has 0 aliphatic rings. The Kier molecular flexibility index (Phi) is 6.11. The minimum Gasteiger partial charge on any atom is -0.506 e. The van der Waals surface area contributed by atoms with Gasteiger partial charge in [-0.05, 0) is 38.2 Å². The summed E-state index contributed by atoms with van der Waals surface area (Å²) in [5, 5.41) is 17.5. The molecule has 0 bridgehead atoms. The van der Waals surface area contributed by atoms with Crippen molar-refractivity contribution in [3.63, 3.8) is 0 Å². The van der Waals surface area contributed by atoms with E-state index in [1.54, 1.807) is 7.05 Å². The van der Waals surface area contributed by atoms with Gasteiger partial charge in [0.2, 0.25) is 0 Å². The SMILES string of the molecule is CNCCCNC(=O)C(=O)Nc1cc(Cl)ccc1O. The average Bonchev–Trinajstić information content (AvgIpc) is 2.38. The number of halogens is 1. The van der Waals surface area contributed by atoms with Gasteiger partial charge in [-0.25, -0.2) is 0 Å². The van der Waals surface area contributed by atoms with E-state index in [-0.39, 0.29) is 11.4 Å². The highest BCUT2D eigenvalue weighted by Crippen LogP contribution is 2.26. The number of phenols is 1. The van der Waals surface area contributed by atoms with Crippen molar-refractivity contribution < 1.29 is 14.7 Å². The van der Waals surface area contributed by atoms with Crippen LogP contribution in [0.25, 0.3) is 0 Å². The van der Waals surface area contributed by atoms with Crippen molar-refractivity contribution in [1.82, 2.24) is 10.6 Å². The predicted octanol–water partition coefficient (Wildman–Crippen LogP) is 0.710. The molecule has 0 spiro atoms. The summed E-state index contributed by atoms with van der Waals surface area (Å²) >= 11 is 5.73. The zero-order valence-corrected chi connectivity index (χ0v) is 11.3. The first-order valence-corrected chi connectivity index (χ1v) is 6.14. The van der Waals surface area contributed by atoms with Crippen molar-refractivity contribution in [2.75, 3.05) is 25.5 Å². The molecule has 1 aromatic rings. The lowest BCUT2D eigenvalue weighted by Crippen LogP contribution is -2.36. The normalized spacial score (nSPS) is 10.0. The molecule has 0 radical (unpaired) electrons. The van der Waals surface area contributed by atoms with Crippen molar-refractivity contribution in [3.05, 3.63) is 23.2 Å². The standard InChI is InChI=1S/C12H16ClN3O3/c1-14-5-2-6-15-11(18)12(19)16-9-7-8(13)3-4-10(9)17/h3-4,7,14,17H,2,5-6H2,1H3,(H,15,18)(H,16,19). The second-order valence-corrected chi connectivity index (χ2v) is 4.27. The van der Waals surface area contributed by atoms with Crippen LogP contribution in [0.1, 0.15) is 6.42 Å². The van der Waals surface area contributed by atoms with Crippen LogP contribution in [-0.2, 0) is 9.59 Å². The smallest absolute Gasteiger partial charge is 0.313 e. The van der Waals surface area contributed by atoms with Gasteiger partial charge in [0.05, 0.1) is 5.69 Å². The number of anilines is 1. The van der Waals surface area contributed by atoms with E-state index < -0.39 is 11.8 Å². The van der Waals surface area contributed by atoms with Gasteiger partial charge in [0, 0.05) is 11.6 Å². The van der Waals surface area contributed by atoms with Crippen LogP contribution in [0.15, 0.2) is 18.2 Å². The molecule has 4 N–H and O–H groups in total. The fraction of sp³-hybridized carbons (Fsp3) is 0.333. The molecule has 104 valence electrons. The molecular formula is C12H16ClN3O3. The maximum atomic E-state index is 11.5. The van der Waals surface area contributed by atoms with Crippen molar-refractivity contribution in [2.24, 2.45) is 0 Å². The van der Waals surface area contributed by atoms with Crippen LogP contribution in [0.5, 0.6) is 5.75 Å². The van der Waals surface area contributed by atoms with Crippen molar-refractivity contribution in [1.29, 1.82) is 0 Å². The molecule has 0 unspecified atom stereocenters. The number of nitrogens with one attached hydrogen (secondary N) is 3. The number of phenolic OH excluding ortho intramolecular Hbond substituents is 1. The van der Waals surface area contributed by atoms with E-state index in [1.807, 2.05) is 0 Å². The fourth-order valence-corrected chi connectivity index (χ4v) is 1.51. The van der Waals surface area contributed by atoms with Crippen molar-refractivity contribution in [2.45, 2.75) is 6.42 Å². The highest BCUT2D eigenvalue weighted by Gasteiger charge is 2.14. The molecule has 1 aromatic carbocycles. The zero-order chi connectivity index (χ0) is 14.3. The molecule has 0 aliphatic carbocycles. The Balaban J connectivity index is 2.49. The van der Waals surface area contributed by atoms with E-state index in [0.29, 0.717) is 11.6 Å². The van der Waals surface area contributed by atoms with Crippen LogP contribution >= 0.6 is 11.6 Å². The third-order valence-corrected chi connectivity index (χ3v) is 2.54. The number of hydrogen-bond acceptors (Lipinski definition) is 4. The third-order valence-electron chi connectivity index (χ3n) is 2.30. The van der Waals surface area contributed by atoms with E-state index in [9.17, 15) is 14.7 Å². The summed E-state index contributed by atoms with van der Waals surface area (Å²) in [6.07, 6.45) is 0.720. The molecule has 0 saturated carbocycles. The molecule has 0 atom stereocenters. The number of carbonyl (C=O) groups excluding carboxylic acids is 2. The van der Waals surface area contributed by atoms with E-state index >= 15 is 0 Å². The Morgan fingerprint density at radius 1 is 1.26 bits per heavy atom. The Hall–Kier alpha value is -1.79. The van der Waals surface area contributed by atoms with Gasteiger partial charge in [0.1, 0.15) is 5.75 Å². The molecule has 0 aliphatic heterocycles. The van der Waals surface area contributed by atoms with Crippen molar-refractivity contribution in [3.8, 4) is 5.75 Å². The largest absolute Gasteiger partial charge is 0.506 e. The zero-order valence-electron chi connectivity index (χ0n) is 10.5. The quantitative estimate of drug-likeness (QED) is 0.364. The summed E-state index contributed by atoms with van der Waals surface area (Å²) in [5.41, 5.74) is 0.0999. The van der Waals surface area contributed by atoms with E-state index in [4.69, 9.17) is 11.6 Å². The first-order chi connectivity index (χ1) is 9.04. The molecule has 7 heteroatoms. The van der Waals surface area contributed by atoms with Crippen LogP contribution in [0.3, 0.4) is 0 Å². The third kappa shape index (κ3) is 5.15. The first-order valence-electron chi connectivity index (χ1n) is 5.77. The van der Waals surface area contributed by atoms with Gasteiger partial charge < -0.3 is 21.1 Å². The van der Waals surface area contributed by atoms with Crippen molar-refractivity contribution >= 4 is 29.1 Å². The van der Waals surface area contributed by atoms with Gasteiger partial charge in [0.25, 0.3) is 0 Å². The minimum absolute atomic E-state index is 0.0999. The maximum Gasteiger partial charge on any atom is 0.313 e. The highest BCUT2D eigenvalue weighted by atomic mass is 35.5. The predicted molar refractivity (Wildman–Crippen MR) is 73.3 cm³/mol. The molecule has 19 heavy (non-hydrogen) atoms. The van der Waals surface area contributed by atoms with Crippen LogP contribution in [0.2, 0.25) is 5.02 Å². The maximum absolute atomic E-state index is 11.5. The van der Waals surface area contributed by atoms with Gasteiger partial charge in [0.15, 0.2) is 0 Å². The molecule has 0 saturated heterocycles. The monoisotopic (exact) mass is 285 g/mol. The number of carbonyl (C=O) groups is 2. The lowest BCUT2D eigenvalue weighted by atomic mass is 10.3. The molecular weight excluding hydrogens is 270 g/mol. The molecule has 0 heterocycles. The molecule has 0 aromatic heterocycles. The number of hydrogen-bond donors (Lipinski definition) is 4. The number of benzene rings is 1. The summed E-state index contributed by atoms with van der Waals surface area (Å²) in [5.74, 6) is -1.75. The fourth-order valence-electron chi connectivity index (χ4n) is 1.33. The lowest BCUT2D eigenvalue weighted by molar-refractivity contribution is -0.136. The van der Waals surface area contributed by atoms with Gasteiger partial charge in [-0.15, -0.1) is 0 Å². The second kappa shape index (κ2) is 7.60. The van der Waals surface area contributed by atoms with E-state index in [0.717, 1.165) is 13.0 Å². The summed E-state index contributed by atoms with van der Waals surface area (Å²) in [6.45, 7) is 1.14. The molecule has 6 nitrogen and oxygen atoms in total. The van der Waals surface area contributed by atoms with Crippen LogP contribution in [0, 0.1) is 0 Å². The summed E-state index contributed by atoms with van der Waals surface area (Å²) in [7, 11) is 1.80. The van der Waals surface area contributed by atoms with Gasteiger partial charge in [-0.3, -0.25) is 9.59 Å². The number of rotatable bonds is 5. The molecule has 0 fully saturated rings. The van der Waals surface area contributed by atoms with Gasteiger partial charge in [-0.2, -0.15) is 0 Å². The van der Waals surface area contributed by atoms with Crippen LogP contribution in [-0.4, -0.2) is 37.1 Å². The number of amides is 2. The van der Waals surface area contributed by atoms with Crippen LogP contribution in [0.4, 0.5) is 5.69 Å². The molecule has 1 rings (SSSR count). The Labute approximate surface area is 116 Å². The lowest BCUT2D eigenvalue weighted by Gasteiger charge is -2.08. The summed E-state index contributed by atoms with van der Waals surface area (Å²) < 4.78 is 0. The summed E-state index contributed by atoms with van der Waals surface area (Å²) in [6, 6.07) is 4.18. The topological polar surface area (TPSA) is 90.5 Å². The average molecular weight is 286 g/mol. The summed E-state index contributed by atoms with van der Waals surface area (Å²) in [4.78, 5) is 23.0. The number of aromatic hydroxyl groups is 1.